The summed E-state index contributed by atoms with van der Waals surface area (Å²) in [7, 11) is 0. The van der Waals surface area contributed by atoms with E-state index in [4.69, 9.17) is 5.73 Å². The van der Waals surface area contributed by atoms with Gasteiger partial charge < -0.3 is 16.2 Å². The first kappa shape index (κ1) is 14.9. The summed E-state index contributed by atoms with van der Waals surface area (Å²) < 4.78 is 0. The predicted octanol–water partition coefficient (Wildman–Crippen LogP) is 1.81. The number of hydrogen-bond acceptors (Lipinski definition) is 3. The van der Waals surface area contributed by atoms with Gasteiger partial charge in [-0.05, 0) is 17.7 Å². The van der Waals surface area contributed by atoms with E-state index in [1.54, 1.807) is 24.3 Å². The van der Waals surface area contributed by atoms with Crippen molar-refractivity contribution >= 4 is 5.91 Å². The van der Waals surface area contributed by atoms with Crippen LogP contribution in [-0.4, -0.2) is 23.1 Å². The van der Waals surface area contributed by atoms with E-state index in [-0.39, 0.29) is 34.6 Å². The van der Waals surface area contributed by atoms with Crippen LogP contribution in [0.1, 0.15) is 33.3 Å². The first-order valence-corrected chi connectivity index (χ1v) is 6.98. The van der Waals surface area contributed by atoms with Crippen molar-refractivity contribution in [3.8, 4) is 5.75 Å². The Bertz CT molecular complexity index is 490. The van der Waals surface area contributed by atoms with Crippen LogP contribution in [0.5, 0.6) is 5.75 Å². The monoisotopic (exact) mass is 276 g/mol. The summed E-state index contributed by atoms with van der Waals surface area (Å²) in [6.45, 7) is 8.37. The maximum Gasteiger partial charge on any atom is 0.224 e. The molecule has 1 aliphatic carbocycles. The lowest BCUT2D eigenvalue weighted by Crippen LogP contribution is -2.76. The fraction of sp³-hybridized carbons (Fsp3) is 0.562. The third kappa shape index (κ3) is 2.40. The van der Waals surface area contributed by atoms with Crippen molar-refractivity contribution in [3.63, 3.8) is 0 Å². The molecule has 4 nitrogen and oxygen atoms in total. The number of aromatic hydroxyl groups is 1. The quantitative estimate of drug-likeness (QED) is 0.788. The Morgan fingerprint density at radius 3 is 2.20 bits per heavy atom. The van der Waals surface area contributed by atoms with E-state index < -0.39 is 0 Å². The number of phenols is 1. The minimum atomic E-state index is -0.0892. The van der Waals surface area contributed by atoms with Crippen molar-refractivity contribution in [2.24, 2.45) is 16.6 Å². The van der Waals surface area contributed by atoms with E-state index >= 15 is 0 Å². The third-order valence-electron chi connectivity index (χ3n) is 4.70. The van der Waals surface area contributed by atoms with Gasteiger partial charge in [-0.3, -0.25) is 4.79 Å². The van der Waals surface area contributed by atoms with E-state index in [2.05, 4.69) is 33.0 Å². The summed E-state index contributed by atoms with van der Waals surface area (Å²) in [6.07, 6.45) is 0.318. The smallest absolute Gasteiger partial charge is 0.224 e. The highest BCUT2D eigenvalue weighted by Gasteiger charge is 2.60. The van der Waals surface area contributed by atoms with E-state index in [1.165, 1.54) is 0 Å². The van der Waals surface area contributed by atoms with Gasteiger partial charge in [0.25, 0.3) is 0 Å². The van der Waals surface area contributed by atoms with Crippen molar-refractivity contribution < 1.29 is 9.90 Å². The van der Waals surface area contributed by atoms with Crippen LogP contribution in [0.2, 0.25) is 0 Å². The Hall–Kier alpha value is -1.55. The van der Waals surface area contributed by atoms with Gasteiger partial charge >= 0.3 is 0 Å². The average Bonchev–Trinajstić information content (AvgIpc) is 2.37. The maximum atomic E-state index is 12.2. The number of rotatable bonds is 3. The van der Waals surface area contributed by atoms with Gasteiger partial charge in [0.2, 0.25) is 5.91 Å². The molecule has 1 saturated carbocycles. The number of hydrogen-bond donors (Lipinski definition) is 3. The molecule has 0 saturated heterocycles. The largest absolute Gasteiger partial charge is 0.508 e. The SMILES string of the molecule is CC1(C)C(N)C(C)(C)C1NC(=O)Cc1ccc(O)cc1. The average molecular weight is 276 g/mol. The lowest BCUT2D eigenvalue weighted by atomic mass is 9.48. The molecule has 1 aliphatic rings. The lowest BCUT2D eigenvalue weighted by Gasteiger charge is -2.62. The molecule has 1 aromatic rings. The van der Waals surface area contributed by atoms with Crippen LogP contribution in [0, 0.1) is 10.8 Å². The van der Waals surface area contributed by atoms with Gasteiger partial charge in [-0.2, -0.15) is 0 Å². The first-order valence-electron chi connectivity index (χ1n) is 6.98. The Kier molecular flexibility index (Phi) is 3.54. The maximum absolute atomic E-state index is 12.2. The van der Waals surface area contributed by atoms with Crippen LogP contribution in [0.3, 0.4) is 0 Å². The van der Waals surface area contributed by atoms with Crippen molar-refractivity contribution in [3.05, 3.63) is 29.8 Å². The Labute approximate surface area is 120 Å². The molecule has 1 amide bonds. The summed E-state index contributed by atoms with van der Waals surface area (Å²) in [5.74, 6) is 0.204. The summed E-state index contributed by atoms with van der Waals surface area (Å²) in [5, 5.41) is 12.3. The van der Waals surface area contributed by atoms with Gasteiger partial charge in [0, 0.05) is 22.9 Å². The molecule has 20 heavy (non-hydrogen) atoms. The second kappa shape index (κ2) is 4.77. The molecule has 0 radical (unpaired) electrons. The zero-order chi connectivity index (χ0) is 15.1. The van der Waals surface area contributed by atoms with Gasteiger partial charge in [-0.15, -0.1) is 0 Å². The number of nitrogens with two attached hydrogens (primary N) is 1. The van der Waals surface area contributed by atoms with Gasteiger partial charge in [0.1, 0.15) is 5.75 Å². The van der Waals surface area contributed by atoms with Gasteiger partial charge in [0.15, 0.2) is 0 Å². The molecule has 0 unspecified atom stereocenters. The molecule has 0 atom stereocenters. The van der Waals surface area contributed by atoms with Gasteiger partial charge in [-0.25, -0.2) is 0 Å². The van der Waals surface area contributed by atoms with Crippen molar-refractivity contribution in [1.29, 1.82) is 0 Å². The molecule has 0 aromatic heterocycles. The minimum absolute atomic E-state index is 0.00580. The molecule has 1 fully saturated rings. The van der Waals surface area contributed by atoms with Crippen molar-refractivity contribution in [1.82, 2.24) is 5.32 Å². The number of carbonyl (C=O) groups is 1. The fourth-order valence-corrected chi connectivity index (χ4v) is 3.56. The standard InChI is InChI=1S/C16H24N2O2/c1-15(2)13(17)16(3,4)14(15)18-12(20)9-10-5-7-11(19)8-6-10/h5-8,13-14,19H,9,17H2,1-4H3,(H,18,20). The normalized spacial score (nSPS) is 26.6. The summed E-state index contributed by atoms with van der Waals surface area (Å²) in [4.78, 5) is 12.2. The third-order valence-corrected chi connectivity index (χ3v) is 4.70. The molecule has 1 aromatic carbocycles. The minimum Gasteiger partial charge on any atom is -0.508 e. The van der Waals surface area contributed by atoms with Crippen LogP contribution >= 0.6 is 0 Å². The van der Waals surface area contributed by atoms with E-state index in [0.29, 0.717) is 6.42 Å². The molecule has 2 rings (SSSR count). The second-order valence-electron chi connectivity index (χ2n) is 6.96. The number of phenolic OH excluding ortho intramolecular Hbond substituents is 1. The predicted molar refractivity (Wildman–Crippen MR) is 79.3 cm³/mol. The van der Waals surface area contributed by atoms with Crippen LogP contribution < -0.4 is 11.1 Å². The Morgan fingerprint density at radius 2 is 1.70 bits per heavy atom. The summed E-state index contributed by atoms with van der Waals surface area (Å²) >= 11 is 0. The lowest BCUT2D eigenvalue weighted by molar-refractivity contribution is -0.131. The molecular weight excluding hydrogens is 252 g/mol. The Balaban J connectivity index is 2.00. The van der Waals surface area contributed by atoms with Crippen molar-refractivity contribution in [2.75, 3.05) is 0 Å². The molecule has 0 heterocycles. The van der Waals surface area contributed by atoms with E-state index in [1.807, 2.05) is 0 Å². The summed E-state index contributed by atoms with van der Waals surface area (Å²) in [5.41, 5.74) is 6.90. The van der Waals surface area contributed by atoms with E-state index in [9.17, 15) is 9.90 Å². The van der Waals surface area contributed by atoms with E-state index in [0.717, 1.165) is 5.56 Å². The van der Waals surface area contributed by atoms with Gasteiger partial charge in [-0.1, -0.05) is 39.8 Å². The molecule has 0 bridgehead atoms. The molecule has 110 valence electrons. The second-order valence-corrected chi connectivity index (χ2v) is 6.96. The number of carbonyl (C=O) groups excluding carboxylic acids is 1. The van der Waals surface area contributed by atoms with Crippen molar-refractivity contribution in [2.45, 2.75) is 46.2 Å². The van der Waals surface area contributed by atoms with Gasteiger partial charge in [0.05, 0.1) is 6.42 Å². The summed E-state index contributed by atoms with van der Waals surface area (Å²) in [6, 6.07) is 6.87. The van der Waals surface area contributed by atoms with Crippen LogP contribution in [0.15, 0.2) is 24.3 Å². The first-order chi connectivity index (χ1) is 9.15. The Morgan fingerprint density at radius 1 is 1.20 bits per heavy atom. The molecule has 4 heteroatoms. The highest BCUT2D eigenvalue weighted by molar-refractivity contribution is 5.79. The number of nitrogens with one attached hydrogen (secondary N) is 1. The molecule has 0 aliphatic heterocycles. The van der Waals surface area contributed by atoms with Crippen LogP contribution in [0.25, 0.3) is 0 Å². The zero-order valence-corrected chi connectivity index (χ0v) is 12.6. The highest BCUT2D eigenvalue weighted by atomic mass is 16.3. The van der Waals surface area contributed by atoms with Crippen LogP contribution in [0.4, 0.5) is 0 Å². The fourth-order valence-electron chi connectivity index (χ4n) is 3.56. The zero-order valence-electron chi connectivity index (χ0n) is 12.6. The molecule has 4 N–H and O–H groups in total. The topological polar surface area (TPSA) is 75.3 Å². The number of benzene rings is 1. The molecular formula is C16H24N2O2. The highest BCUT2D eigenvalue weighted by Crippen LogP contribution is 2.52. The number of amides is 1. The van der Waals surface area contributed by atoms with Crippen LogP contribution in [-0.2, 0) is 11.2 Å². The molecule has 0 spiro atoms.